The number of carbonyl (C=O) groups is 1. The highest BCUT2D eigenvalue weighted by molar-refractivity contribution is 5.88. The zero-order chi connectivity index (χ0) is 12.4. The Balaban J connectivity index is 2.26. The molecule has 1 aliphatic carbocycles. The second-order valence-corrected chi connectivity index (χ2v) is 4.57. The third-order valence-corrected chi connectivity index (χ3v) is 2.84. The molecule has 0 atom stereocenters. The first-order chi connectivity index (χ1) is 8.08. The van der Waals surface area contributed by atoms with Gasteiger partial charge < -0.3 is 9.84 Å². The molecule has 1 fully saturated rings. The number of aromatic carboxylic acids is 1. The highest BCUT2D eigenvalue weighted by Crippen LogP contribution is 2.27. The van der Waals surface area contributed by atoms with Crippen LogP contribution in [-0.4, -0.2) is 27.1 Å². The second kappa shape index (κ2) is 4.69. The van der Waals surface area contributed by atoms with E-state index in [1.165, 1.54) is 6.20 Å². The lowest BCUT2D eigenvalue weighted by Crippen LogP contribution is -2.26. The molecule has 0 aliphatic heterocycles. The Morgan fingerprint density at radius 2 is 2.24 bits per heavy atom. The summed E-state index contributed by atoms with van der Waals surface area (Å²) in [6.45, 7) is 3.85. The van der Waals surface area contributed by atoms with Gasteiger partial charge in [0.1, 0.15) is 5.82 Å². The lowest BCUT2D eigenvalue weighted by Gasteiger charge is -2.26. The zero-order valence-electron chi connectivity index (χ0n) is 10.0. The van der Waals surface area contributed by atoms with Crippen molar-refractivity contribution in [2.45, 2.75) is 45.1 Å². The molecule has 0 spiro atoms. The maximum Gasteiger partial charge on any atom is 0.358 e. The molecule has 1 heterocycles. The SMILES string of the molecule is CC(C)c1ncc(OC2CCC2)c(C(=O)O)n1. The summed E-state index contributed by atoms with van der Waals surface area (Å²) in [4.78, 5) is 19.3. The largest absolute Gasteiger partial charge is 0.486 e. The van der Waals surface area contributed by atoms with Gasteiger partial charge in [0.05, 0.1) is 12.3 Å². The van der Waals surface area contributed by atoms with Crippen LogP contribution in [0.15, 0.2) is 6.20 Å². The standard InChI is InChI=1S/C12H16N2O3/c1-7(2)11-13-6-9(10(14-11)12(15)16)17-8-4-3-5-8/h6-8H,3-5H2,1-2H3,(H,15,16). The van der Waals surface area contributed by atoms with Gasteiger partial charge in [0.15, 0.2) is 11.4 Å². The fraction of sp³-hybridized carbons (Fsp3) is 0.583. The van der Waals surface area contributed by atoms with Gasteiger partial charge in [-0.2, -0.15) is 0 Å². The van der Waals surface area contributed by atoms with E-state index in [0.29, 0.717) is 5.82 Å². The third-order valence-electron chi connectivity index (χ3n) is 2.84. The van der Waals surface area contributed by atoms with Crippen LogP contribution >= 0.6 is 0 Å². The van der Waals surface area contributed by atoms with Gasteiger partial charge in [-0.3, -0.25) is 0 Å². The van der Waals surface area contributed by atoms with Crippen LogP contribution in [-0.2, 0) is 0 Å². The van der Waals surface area contributed by atoms with E-state index in [-0.39, 0.29) is 23.5 Å². The Kier molecular flexibility index (Phi) is 3.26. The molecule has 1 saturated carbocycles. The average Bonchev–Trinajstić information content (AvgIpc) is 2.23. The van der Waals surface area contributed by atoms with Gasteiger partial charge in [-0.05, 0) is 19.3 Å². The molecule has 1 aromatic heterocycles. The molecule has 0 radical (unpaired) electrons. The molecule has 1 N–H and O–H groups in total. The Morgan fingerprint density at radius 3 is 2.71 bits per heavy atom. The van der Waals surface area contributed by atoms with Crippen molar-refractivity contribution in [3.8, 4) is 5.75 Å². The monoisotopic (exact) mass is 236 g/mol. The minimum atomic E-state index is -1.07. The Morgan fingerprint density at radius 1 is 1.53 bits per heavy atom. The van der Waals surface area contributed by atoms with Crippen LogP contribution in [0, 0.1) is 0 Å². The van der Waals surface area contributed by atoms with Crippen molar-refractivity contribution in [2.75, 3.05) is 0 Å². The van der Waals surface area contributed by atoms with Crippen LogP contribution in [0.3, 0.4) is 0 Å². The van der Waals surface area contributed by atoms with E-state index in [1.807, 2.05) is 13.8 Å². The summed E-state index contributed by atoms with van der Waals surface area (Å²) >= 11 is 0. The highest BCUT2D eigenvalue weighted by Gasteiger charge is 2.23. The maximum atomic E-state index is 11.1. The molecule has 1 aromatic rings. The van der Waals surface area contributed by atoms with E-state index in [4.69, 9.17) is 9.84 Å². The first-order valence-corrected chi connectivity index (χ1v) is 5.85. The lowest BCUT2D eigenvalue weighted by atomic mass is 9.96. The molecule has 0 saturated heterocycles. The number of nitrogens with zero attached hydrogens (tertiary/aromatic N) is 2. The molecule has 0 unspecified atom stereocenters. The number of hydrogen-bond acceptors (Lipinski definition) is 4. The average molecular weight is 236 g/mol. The topological polar surface area (TPSA) is 72.3 Å². The summed E-state index contributed by atoms with van der Waals surface area (Å²) in [6.07, 6.45) is 4.69. The number of hydrogen-bond donors (Lipinski definition) is 1. The van der Waals surface area contributed by atoms with Gasteiger partial charge in [0.25, 0.3) is 0 Å². The van der Waals surface area contributed by atoms with Crippen molar-refractivity contribution < 1.29 is 14.6 Å². The van der Waals surface area contributed by atoms with Gasteiger partial charge in [0.2, 0.25) is 0 Å². The molecule has 2 rings (SSSR count). The first-order valence-electron chi connectivity index (χ1n) is 5.85. The third kappa shape index (κ3) is 2.54. The quantitative estimate of drug-likeness (QED) is 0.867. The molecular formula is C12H16N2O3. The highest BCUT2D eigenvalue weighted by atomic mass is 16.5. The minimum absolute atomic E-state index is 0.0319. The predicted octanol–water partition coefficient (Wildman–Crippen LogP) is 2.23. The molecule has 17 heavy (non-hydrogen) atoms. The van der Waals surface area contributed by atoms with Crippen molar-refractivity contribution in [3.63, 3.8) is 0 Å². The van der Waals surface area contributed by atoms with Gasteiger partial charge in [-0.1, -0.05) is 13.8 Å². The van der Waals surface area contributed by atoms with Crippen molar-refractivity contribution >= 4 is 5.97 Å². The molecule has 1 aliphatic rings. The number of carboxylic acid groups (broad SMARTS) is 1. The van der Waals surface area contributed by atoms with Gasteiger partial charge in [0, 0.05) is 5.92 Å². The Bertz CT molecular complexity index is 428. The van der Waals surface area contributed by atoms with Crippen LogP contribution in [0.25, 0.3) is 0 Å². The molecule has 5 nitrogen and oxygen atoms in total. The Labute approximate surface area is 99.9 Å². The van der Waals surface area contributed by atoms with E-state index in [1.54, 1.807) is 0 Å². The summed E-state index contributed by atoms with van der Waals surface area (Å²) in [7, 11) is 0. The van der Waals surface area contributed by atoms with Crippen LogP contribution in [0.4, 0.5) is 0 Å². The second-order valence-electron chi connectivity index (χ2n) is 4.57. The van der Waals surface area contributed by atoms with E-state index < -0.39 is 5.97 Å². The first kappa shape index (κ1) is 11.8. The number of rotatable bonds is 4. The summed E-state index contributed by atoms with van der Waals surface area (Å²) < 4.78 is 5.57. The number of carboxylic acids is 1. The van der Waals surface area contributed by atoms with Crippen LogP contribution in [0.5, 0.6) is 5.75 Å². The lowest BCUT2D eigenvalue weighted by molar-refractivity contribution is 0.0670. The van der Waals surface area contributed by atoms with Crippen LogP contribution in [0.1, 0.15) is 55.3 Å². The van der Waals surface area contributed by atoms with Crippen molar-refractivity contribution in [1.29, 1.82) is 0 Å². The minimum Gasteiger partial charge on any atom is -0.486 e. The molecule has 5 heteroatoms. The van der Waals surface area contributed by atoms with Crippen LogP contribution < -0.4 is 4.74 Å². The predicted molar refractivity (Wildman–Crippen MR) is 61.3 cm³/mol. The molecule has 92 valence electrons. The summed E-state index contributed by atoms with van der Waals surface area (Å²) in [5.41, 5.74) is -0.0319. The van der Waals surface area contributed by atoms with Crippen molar-refractivity contribution in [3.05, 3.63) is 17.7 Å². The molecular weight excluding hydrogens is 220 g/mol. The van der Waals surface area contributed by atoms with Crippen molar-refractivity contribution in [2.24, 2.45) is 0 Å². The number of aromatic nitrogens is 2. The summed E-state index contributed by atoms with van der Waals surface area (Å²) in [5.74, 6) is -0.149. The molecule has 0 aromatic carbocycles. The van der Waals surface area contributed by atoms with E-state index in [0.717, 1.165) is 19.3 Å². The van der Waals surface area contributed by atoms with Gasteiger partial charge in [-0.15, -0.1) is 0 Å². The fourth-order valence-corrected chi connectivity index (χ4v) is 1.57. The van der Waals surface area contributed by atoms with E-state index in [2.05, 4.69) is 9.97 Å². The Hall–Kier alpha value is -1.65. The maximum absolute atomic E-state index is 11.1. The molecule has 0 amide bonds. The van der Waals surface area contributed by atoms with Gasteiger partial charge >= 0.3 is 5.97 Å². The normalized spacial score (nSPS) is 15.7. The van der Waals surface area contributed by atoms with Crippen LogP contribution in [0.2, 0.25) is 0 Å². The molecule has 0 bridgehead atoms. The van der Waals surface area contributed by atoms with Gasteiger partial charge in [-0.25, -0.2) is 14.8 Å². The summed E-state index contributed by atoms with van der Waals surface area (Å²) in [5, 5.41) is 9.11. The van der Waals surface area contributed by atoms with Crippen molar-refractivity contribution in [1.82, 2.24) is 9.97 Å². The smallest absolute Gasteiger partial charge is 0.358 e. The van der Waals surface area contributed by atoms with E-state index >= 15 is 0 Å². The summed E-state index contributed by atoms with van der Waals surface area (Å²) in [6, 6.07) is 0. The zero-order valence-corrected chi connectivity index (χ0v) is 10.0. The fourth-order valence-electron chi connectivity index (χ4n) is 1.57. The number of ether oxygens (including phenoxy) is 1. The van der Waals surface area contributed by atoms with E-state index in [9.17, 15) is 4.79 Å².